The van der Waals surface area contributed by atoms with E-state index in [2.05, 4.69) is 169 Å². The van der Waals surface area contributed by atoms with Crippen LogP contribution in [0.25, 0.3) is 16.7 Å². The van der Waals surface area contributed by atoms with Crippen LogP contribution in [0.5, 0.6) is 0 Å². The minimum atomic E-state index is 0.114. The lowest BCUT2D eigenvalue weighted by atomic mass is 9.86. The molecule has 0 unspecified atom stereocenters. The van der Waals surface area contributed by atoms with Gasteiger partial charge in [0.1, 0.15) is 0 Å². The fourth-order valence-electron chi connectivity index (χ4n) is 12.3. The Balaban J connectivity index is 0.000000159. The summed E-state index contributed by atoms with van der Waals surface area (Å²) in [7, 11) is 0. The van der Waals surface area contributed by atoms with Gasteiger partial charge in [0.05, 0.1) is 0 Å². The molecule has 0 bridgehead atoms. The van der Waals surface area contributed by atoms with Crippen molar-refractivity contribution in [1.29, 1.82) is 0 Å². The molecule has 0 N–H and O–H groups in total. The third kappa shape index (κ3) is 17.3. The molecule has 1 saturated carbocycles. The number of unbranched alkanes of at least 4 members (excludes halogenated alkanes) is 1. The highest BCUT2D eigenvalue weighted by Gasteiger charge is 2.26. The molecule has 422 valence electrons. The third-order valence-electron chi connectivity index (χ3n) is 17.0. The second-order valence-corrected chi connectivity index (χ2v) is 23.0. The molecule has 4 fully saturated rings. The molecular formula is C75H89N3O3. The number of Topliss-reactive ketones (excluding diaryl/α,β-unsaturated/α-hetero) is 3. The zero-order valence-electron chi connectivity index (χ0n) is 49.7. The minimum absolute atomic E-state index is 0.114. The lowest BCUT2D eigenvalue weighted by molar-refractivity contribution is 0.100. The van der Waals surface area contributed by atoms with Gasteiger partial charge in [0.2, 0.25) is 0 Å². The van der Waals surface area contributed by atoms with Gasteiger partial charge in [0.15, 0.2) is 17.3 Å². The number of piperidine rings is 3. The molecule has 81 heavy (non-hydrogen) atoms. The highest BCUT2D eigenvalue weighted by Crippen LogP contribution is 2.37. The Hall–Kier alpha value is -6.83. The molecule has 0 amide bonds. The van der Waals surface area contributed by atoms with Crippen molar-refractivity contribution in [3.8, 4) is 0 Å². The summed E-state index contributed by atoms with van der Waals surface area (Å²) in [4.78, 5) is 42.7. The SMILES string of the molecule is CC(=O)c1ccc(C(=C2CCN(C3CCCCC3)CC2)c2ccccc2)cc1.CC(=O)c1ccc(C(=C2CCN(CC=C(C)C)CC2)c2ccccc2)cc1.CCCCN1CCC(=C(c2ccccc2)c2ccc(C(C)=O)cc2)CC1. The molecule has 0 atom stereocenters. The molecule has 0 radical (unpaired) electrons. The van der Waals surface area contributed by atoms with Gasteiger partial charge in [-0.05, 0) is 149 Å². The maximum absolute atomic E-state index is 11.7. The summed E-state index contributed by atoms with van der Waals surface area (Å²) in [6.07, 6.45) is 18.6. The molecule has 1 aliphatic carbocycles. The van der Waals surface area contributed by atoms with E-state index in [0.717, 1.165) is 94.0 Å². The standard InChI is InChI=1S/C26H31NO.C25H29NO.C24H29NO/c1-20(28)21-12-14-23(15-13-21)26(22-8-4-2-5-9-22)24-16-18-27(19-17-24)25-10-6-3-7-11-25;1-19(2)13-16-26-17-14-24(15-18-26)25(22-7-5-4-6-8-22)23-11-9-21(10-12-23)20(3)27;1-3-4-16-25-17-14-23(15-18-25)24(21-8-6-5-7-9-21)22-12-10-20(11-13-22)19(2)26/h2,4-5,8-9,12-15,25H,3,6-7,10-11,16-19H2,1H3;4-13H,14-18H2,1-3H3;5-13H,3-4,14-18H2,1-2H3. The first-order valence-corrected chi connectivity index (χ1v) is 30.4. The van der Waals surface area contributed by atoms with E-state index < -0.39 is 0 Å². The number of hydrogen-bond acceptors (Lipinski definition) is 6. The lowest BCUT2D eigenvalue weighted by Crippen LogP contribution is -2.40. The van der Waals surface area contributed by atoms with Crippen LogP contribution in [0.15, 0.2) is 192 Å². The maximum atomic E-state index is 11.7. The summed E-state index contributed by atoms with van der Waals surface area (Å²) < 4.78 is 0. The number of rotatable bonds is 15. The van der Waals surface area contributed by atoms with Gasteiger partial charge in [0, 0.05) is 68.5 Å². The Morgan fingerprint density at radius 1 is 0.395 bits per heavy atom. The highest BCUT2D eigenvalue weighted by molar-refractivity contribution is 5.96. The van der Waals surface area contributed by atoms with Crippen molar-refractivity contribution < 1.29 is 14.4 Å². The molecule has 6 aromatic carbocycles. The number of benzene rings is 6. The van der Waals surface area contributed by atoms with Crippen molar-refractivity contribution in [2.24, 2.45) is 0 Å². The Morgan fingerprint density at radius 3 is 1.02 bits per heavy atom. The minimum Gasteiger partial charge on any atom is -0.303 e. The predicted octanol–water partition coefficient (Wildman–Crippen LogP) is 17.5. The van der Waals surface area contributed by atoms with Gasteiger partial charge < -0.3 is 4.90 Å². The van der Waals surface area contributed by atoms with E-state index in [1.807, 2.05) is 36.4 Å². The first-order chi connectivity index (χ1) is 39.4. The number of allylic oxidation sites excluding steroid dienone is 1. The van der Waals surface area contributed by atoms with E-state index in [1.54, 1.807) is 31.9 Å². The zero-order chi connectivity index (χ0) is 56.9. The summed E-state index contributed by atoms with van der Waals surface area (Å²) in [6.45, 7) is 20.6. The van der Waals surface area contributed by atoms with Crippen LogP contribution in [0.3, 0.4) is 0 Å². The zero-order valence-corrected chi connectivity index (χ0v) is 49.7. The van der Waals surface area contributed by atoms with E-state index in [4.69, 9.17) is 0 Å². The maximum Gasteiger partial charge on any atom is 0.159 e. The third-order valence-corrected chi connectivity index (χ3v) is 17.0. The fourth-order valence-corrected chi connectivity index (χ4v) is 12.3. The number of carbonyl (C=O) groups excluding carboxylic acids is 3. The van der Waals surface area contributed by atoms with Crippen molar-refractivity contribution in [3.05, 3.63) is 242 Å². The second-order valence-electron chi connectivity index (χ2n) is 23.0. The molecule has 3 heterocycles. The summed E-state index contributed by atoms with van der Waals surface area (Å²) in [5.41, 5.74) is 19.9. The summed E-state index contributed by atoms with van der Waals surface area (Å²) in [5.74, 6) is 0.360. The molecule has 0 spiro atoms. The number of ketones is 3. The Morgan fingerprint density at radius 2 is 0.704 bits per heavy atom. The Kier molecular flexibility index (Phi) is 22.9. The molecule has 3 saturated heterocycles. The molecular weight excluding hydrogens is 991 g/mol. The van der Waals surface area contributed by atoms with Gasteiger partial charge in [-0.3, -0.25) is 24.2 Å². The van der Waals surface area contributed by atoms with Crippen LogP contribution in [0.2, 0.25) is 0 Å². The second kappa shape index (κ2) is 30.8. The average Bonchev–Trinajstić information content (AvgIpc) is 3.62. The highest BCUT2D eigenvalue weighted by atomic mass is 16.1. The topological polar surface area (TPSA) is 60.9 Å². The molecule has 6 aromatic rings. The van der Waals surface area contributed by atoms with Gasteiger partial charge in [0.25, 0.3) is 0 Å². The molecule has 10 rings (SSSR count). The first-order valence-electron chi connectivity index (χ1n) is 30.4. The molecule has 3 aliphatic heterocycles. The number of likely N-dealkylation sites (tertiary alicyclic amines) is 3. The summed E-state index contributed by atoms with van der Waals surface area (Å²) in [6, 6.07) is 57.3. The number of carbonyl (C=O) groups is 3. The van der Waals surface area contributed by atoms with E-state index in [1.165, 1.54) is 126 Å². The van der Waals surface area contributed by atoms with Crippen LogP contribution in [0.1, 0.15) is 189 Å². The van der Waals surface area contributed by atoms with E-state index >= 15 is 0 Å². The van der Waals surface area contributed by atoms with Crippen LogP contribution in [-0.4, -0.2) is 90.4 Å². The Bertz CT molecular complexity index is 3070. The van der Waals surface area contributed by atoms with Crippen molar-refractivity contribution in [1.82, 2.24) is 14.7 Å². The van der Waals surface area contributed by atoms with Crippen molar-refractivity contribution in [2.75, 3.05) is 52.4 Å². The van der Waals surface area contributed by atoms with Crippen LogP contribution in [-0.2, 0) is 0 Å². The lowest BCUT2D eigenvalue weighted by Gasteiger charge is -2.38. The number of nitrogens with zero attached hydrogens (tertiary/aromatic N) is 3. The number of hydrogen-bond donors (Lipinski definition) is 0. The van der Waals surface area contributed by atoms with Crippen LogP contribution in [0, 0.1) is 0 Å². The Labute approximate surface area is 486 Å². The van der Waals surface area contributed by atoms with E-state index in [0.29, 0.717) is 0 Å². The molecule has 4 aliphatic rings. The quantitative estimate of drug-likeness (QED) is 0.0754. The predicted molar refractivity (Wildman–Crippen MR) is 340 cm³/mol. The summed E-state index contributed by atoms with van der Waals surface area (Å²) in [5, 5.41) is 0. The monoisotopic (exact) mass is 1080 g/mol. The van der Waals surface area contributed by atoms with Crippen molar-refractivity contribution in [3.63, 3.8) is 0 Å². The van der Waals surface area contributed by atoms with Gasteiger partial charge >= 0.3 is 0 Å². The van der Waals surface area contributed by atoms with Crippen LogP contribution < -0.4 is 0 Å². The fraction of sp³-hybridized carbons (Fsp3) is 0.373. The van der Waals surface area contributed by atoms with Crippen LogP contribution >= 0.6 is 0 Å². The first kappa shape index (κ1) is 60.3. The van der Waals surface area contributed by atoms with E-state index in [9.17, 15) is 14.4 Å². The average molecular weight is 1080 g/mol. The smallest absolute Gasteiger partial charge is 0.159 e. The molecule has 6 heteroatoms. The van der Waals surface area contributed by atoms with Gasteiger partial charge in [-0.2, -0.15) is 0 Å². The molecule has 6 nitrogen and oxygen atoms in total. The van der Waals surface area contributed by atoms with Crippen molar-refractivity contribution >= 4 is 34.1 Å². The van der Waals surface area contributed by atoms with Crippen LogP contribution in [0.4, 0.5) is 0 Å². The molecule has 0 aromatic heterocycles. The van der Waals surface area contributed by atoms with Crippen molar-refractivity contribution in [2.45, 2.75) is 131 Å². The van der Waals surface area contributed by atoms with Gasteiger partial charge in [-0.1, -0.05) is 225 Å². The summed E-state index contributed by atoms with van der Waals surface area (Å²) >= 11 is 0. The largest absolute Gasteiger partial charge is 0.303 e. The van der Waals surface area contributed by atoms with Gasteiger partial charge in [-0.15, -0.1) is 0 Å². The van der Waals surface area contributed by atoms with Gasteiger partial charge in [-0.25, -0.2) is 0 Å². The van der Waals surface area contributed by atoms with E-state index in [-0.39, 0.29) is 17.3 Å². The normalized spacial score (nSPS) is 16.2.